The zero-order chi connectivity index (χ0) is 13.0. The van der Waals surface area contributed by atoms with E-state index in [-0.39, 0.29) is 6.10 Å². The van der Waals surface area contributed by atoms with Crippen molar-refractivity contribution in [3.05, 3.63) is 0 Å². The van der Waals surface area contributed by atoms with Crippen LogP contribution in [0, 0.1) is 11.8 Å². The Morgan fingerprint density at radius 3 is 2.67 bits per heavy atom. The Labute approximate surface area is 113 Å². The lowest BCUT2D eigenvalue weighted by molar-refractivity contribution is 0.0187. The molecule has 4 unspecified atom stereocenters. The lowest BCUT2D eigenvalue weighted by Crippen LogP contribution is -2.44. The summed E-state index contributed by atoms with van der Waals surface area (Å²) in [5.74, 6) is 1.38. The van der Waals surface area contributed by atoms with Crippen molar-refractivity contribution < 1.29 is 5.11 Å². The van der Waals surface area contributed by atoms with E-state index in [0.717, 1.165) is 12.3 Å². The Morgan fingerprint density at radius 2 is 1.94 bits per heavy atom. The normalized spacial score (nSPS) is 35.8. The lowest BCUT2D eigenvalue weighted by atomic mass is 9.80. The van der Waals surface area contributed by atoms with Crippen LogP contribution in [-0.2, 0) is 0 Å². The minimum Gasteiger partial charge on any atom is -0.393 e. The van der Waals surface area contributed by atoms with E-state index in [9.17, 15) is 5.11 Å². The largest absolute Gasteiger partial charge is 0.393 e. The second kappa shape index (κ2) is 6.91. The molecule has 18 heavy (non-hydrogen) atoms. The predicted molar refractivity (Wildman–Crippen MR) is 76.6 cm³/mol. The van der Waals surface area contributed by atoms with Gasteiger partial charge in [0.15, 0.2) is 0 Å². The molecule has 0 bridgehead atoms. The Hall–Kier alpha value is -0.0800. The summed E-state index contributed by atoms with van der Waals surface area (Å²) >= 11 is 0. The molecule has 106 valence electrons. The number of likely N-dealkylation sites (tertiary alicyclic amines) is 1. The van der Waals surface area contributed by atoms with Crippen LogP contribution in [0.3, 0.4) is 0 Å². The quantitative estimate of drug-likeness (QED) is 0.811. The molecular formula is C16H31NO. The molecule has 4 atom stereocenters. The molecule has 1 aliphatic heterocycles. The molecular weight excluding hydrogens is 222 g/mol. The number of hydrogen-bond donors (Lipinski definition) is 1. The summed E-state index contributed by atoms with van der Waals surface area (Å²) in [6.45, 7) is 7.18. The van der Waals surface area contributed by atoms with Crippen LogP contribution in [-0.4, -0.2) is 35.2 Å². The maximum atomic E-state index is 10.3. The van der Waals surface area contributed by atoms with Gasteiger partial charge < -0.3 is 5.11 Å². The smallest absolute Gasteiger partial charge is 0.0583 e. The van der Waals surface area contributed by atoms with Crippen molar-refractivity contribution in [3.63, 3.8) is 0 Å². The van der Waals surface area contributed by atoms with E-state index in [1.54, 1.807) is 0 Å². The fraction of sp³-hybridized carbons (Fsp3) is 1.00. The second-order valence-corrected chi connectivity index (χ2v) is 6.61. The second-order valence-electron chi connectivity index (χ2n) is 6.61. The van der Waals surface area contributed by atoms with Gasteiger partial charge in [0.25, 0.3) is 0 Å². The van der Waals surface area contributed by atoms with Crippen LogP contribution in [0.4, 0.5) is 0 Å². The molecule has 0 aromatic rings. The zero-order valence-electron chi connectivity index (χ0n) is 12.3. The molecule has 2 rings (SSSR count). The van der Waals surface area contributed by atoms with Crippen LogP contribution in [0.1, 0.15) is 65.2 Å². The van der Waals surface area contributed by atoms with Crippen molar-refractivity contribution in [3.8, 4) is 0 Å². The Morgan fingerprint density at radius 1 is 1.17 bits per heavy atom. The molecule has 2 fully saturated rings. The van der Waals surface area contributed by atoms with E-state index in [1.165, 1.54) is 58.0 Å². The number of aliphatic hydroxyl groups excluding tert-OH is 1. The van der Waals surface area contributed by atoms with Gasteiger partial charge in [0.05, 0.1) is 6.10 Å². The van der Waals surface area contributed by atoms with Crippen molar-refractivity contribution in [2.45, 2.75) is 77.4 Å². The van der Waals surface area contributed by atoms with E-state index in [0.29, 0.717) is 12.0 Å². The van der Waals surface area contributed by atoms with Crippen LogP contribution in [0.15, 0.2) is 0 Å². The number of rotatable bonds is 5. The predicted octanol–water partition coefficient (Wildman–Crippen LogP) is 3.44. The first-order valence-corrected chi connectivity index (χ1v) is 8.14. The summed E-state index contributed by atoms with van der Waals surface area (Å²) in [4.78, 5) is 2.69. The summed E-state index contributed by atoms with van der Waals surface area (Å²) in [5.41, 5.74) is 0. The number of nitrogens with zero attached hydrogens (tertiary/aromatic N) is 1. The average Bonchev–Trinajstić information content (AvgIpc) is 2.78. The van der Waals surface area contributed by atoms with Gasteiger partial charge in [-0.25, -0.2) is 0 Å². The van der Waals surface area contributed by atoms with E-state index in [2.05, 4.69) is 18.7 Å². The third-order valence-corrected chi connectivity index (χ3v) is 5.02. The average molecular weight is 253 g/mol. The molecule has 1 saturated heterocycles. The minimum absolute atomic E-state index is 0.0224. The van der Waals surface area contributed by atoms with Gasteiger partial charge in [-0.1, -0.05) is 33.1 Å². The first-order chi connectivity index (χ1) is 8.72. The highest BCUT2D eigenvalue weighted by molar-refractivity contribution is 4.90. The SMILES string of the molecule is CCCC(C)CN1CCCC1C1CCCCC1O. The van der Waals surface area contributed by atoms with Gasteiger partial charge >= 0.3 is 0 Å². The number of aliphatic hydroxyl groups is 1. The maximum Gasteiger partial charge on any atom is 0.0583 e. The van der Waals surface area contributed by atoms with E-state index < -0.39 is 0 Å². The summed E-state index contributed by atoms with van der Waals surface area (Å²) in [5, 5.41) is 10.3. The molecule has 1 heterocycles. The van der Waals surface area contributed by atoms with E-state index >= 15 is 0 Å². The van der Waals surface area contributed by atoms with Crippen LogP contribution in [0.25, 0.3) is 0 Å². The summed E-state index contributed by atoms with van der Waals surface area (Å²) < 4.78 is 0. The van der Waals surface area contributed by atoms with E-state index in [4.69, 9.17) is 0 Å². The Kier molecular flexibility index (Phi) is 5.50. The fourth-order valence-electron chi connectivity index (χ4n) is 4.14. The molecule has 1 saturated carbocycles. The molecule has 0 spiro atoms. The van der Waals surface area contributed by atoms with Gasteiger partial charge in [-0.2, -0.15) is 0 Å². The van der Waals surface area contributed by atoms with Crippen molar-refractivity contribution in [1.29, 1.82) is 0 Å². The fourth-order valence-corrected chi connectivity index (χ4v) is 4.14. The van der Waals surface area contributed by atoms with Crippen molar-refractivity contribution in [2.24, 2.45) is 11.8 Å². The monoisotopic (exact) mass is 253 g/mol. The Bertz CT molecular complexity index is 243. The van der Waals surface area contributed by atoms with Gasteiger partial charge in [0.2, 0.25) is 0 Å². The molecule has 2 aliphatic rings. The van der Waals surface area contributed by atoms with Gasteiger partial charge in [-0.05, 0) is 44.6 Å². The molecule has 0 aromatic carbocycles. The highest BCUT2D eigenvalue weighted by Gasteiger charge is 2.36. The Balaban J connectivity index is 1.89. The van der Waals surface area contributed by atoms with E-state index in [1.807, 2.05) is 0 Å². The summed E-state index contributed by atoms with van der Waals surface area (Å²) in [6.07, 6.45) is 10.1. The molecule has 0 radical (unpaired) electrons. The highest BCUT2D eigenvalue weighted by atomic mass is 16.3. The van der Waals surface area contributed by atoms with Gasteiger partial charge in [-0.15, -0.1) is 0 Å². The van der Waals surface area contributed by atoms with Gasteiger partial charge in [-0.3, -0.25) is 4.90 Å². The summed E-state index contributed by atoms with van der Waals surface area (Å²) in [6, 6.07) is 0.680. The highest BCUT2D eigenvalue weighted by Crippen LogP contribution is 2.35. The van der Waals surface area contributed by atoms with Crippen LogP contribution < -0.4 is 0 Å². The summed E-state index contributed by atoms with van der Waals surface area (Å²) in [7, 11) is 0. The van der Waals surface area contributed by atoms with Crippen molar-refractivity contribution in [2.75, 3.05) is 13.1 Å². The third kappa shape index (κ3) is 3.48. The zero-order valence-corrected chi connectivity index (χ0v) is 12.3. The van der Waals surface area contributed by atoms with Crippen LogP contribution >= 0.6 is 0 Å². The molecule has 0 aromatic heterocycles. The standard InChI is InChI=1S/C16H31NO/c1-3-7-13(2)12-17-11-6-9-15(17)14-8-4-5-10-16(14)18/h13-16,18H,3-12H2,1-2H3. The molecule has 1 aliphatic carbocycles. The van der Waals surface area contributed by atoms with Crippen LogP contribution in [0.5, 0.6) is 0 Å². The first kappa shape index (κ1) is 14.3. The third-order valence-electron chi connectivity index (χ3n) is 5.02. The van der Waals surface area contributed by atoms with Gasteiger partial charge in [0, 0.05) is 18.5 Å². The van der Waals surface area contributed by atoms with Crippen molar-refractivity contribution >= 4 is 0 Å². The number of hydrogen-bond acceptors (Lipinski definition) is 2. The molecule has 0 amide bonds. The topological polar surface area (TPSA) is 23.5 Å². The molecule has 1 N–H and O–H groups in total. The minimum atomic E-state index is -0.0224. The van der Waals surface area contributed by atoms with Crippen LogP contribution in [0.2, 0.25) is 0 Å². The molecule has 2 nitrogen and oxygen atoms in total. The maximum absolute atomic E-state index is 10.3. The lowest BCUT2D eigenvalue weighted by Gasteiger charge is -2.38. The molecule has 2 heteroatoms. The van der Waals surface area contributed by atoms with Gasteiger partial charge in [0.1, 0.15) is 0 Å². The van der Waals surface area contributed by atoms with Crippen molar-refractivity contribution in [1.82, 2.24) is 4.90 Å². The first-order valence-electron chi connectivity index (χ1n) is 8.14.